The van der Waals surface area contributed by atoms with Crippen LogP contribution in [0, 0.1) is 0 Å². The molecule has 0 amide bonds. The highest BCUT2D eigenvalue weighted by Crippen LogP contribution is 2.39. The van der Waals surface area contributed by atoms with Gasteiger partial charge in [-0.1, -0.05) is 35.5 Å². The Kier molecular flexibility index (Phi) is 3.92. The smallest absolute Gasteiger partial charge is 0.350 e. The number of hydrogen-bond acceptors (Lipinski definition) is 4. The molecule has 8 heteroatoms. The van der Waals surface area contributed by atoms with Crippen molar-refractivity contribution < 1.29 is 23.1 Å². The highest BCUT2D eigenvalue weighted by Gasteiger charge is 2.60. The van der Waals surface area contributed by atoms with E-state index in [9.17, 15) is 18.3 Å². The lowest BCUT2D eigenvalue weighted by atomic mass is 10.0. The molecule has 0 spiro atoms. The average Bonchev–Trinajstić information content (AvgIpc) is 3.15. The molecule has 0 bridgehead atoms. The van der Waals surface area contributed by atoms with Crippen LogP contribution in [0.3, 0.4) is 0 Å². The van der Waals surface area contributed by atoms with Gasteiger partial charge in [0.1, 0.15) is 0 Å². The van der Waals surface area contributed by atoms with Crippen molar-refractivity contribution in [2.75, 3.05) is 0 Å². The minimum absolute atomic E-state index is 0.0426. The van der Waals surface area contributed by atoms with Gasteiger partial charge in [-0.3, -0.25) is 0 Å². The van der Waals surface area contributed by atoms with Crippen LogP contribution in [0.4, 0.5) is 13.2 Å². The van der Waals surface area contributed by atoms with E-state index in [0.717, 1.165) is 11.3 Å². The second-order valence-electron chi connectivity index (χ2n) is 5.39. The lowest BCUT2D eigenvalue weighted by molar-refractivity contribution is -0.355. The number of oxime groups is 1. The monoisotopic (exact) mass is 337 g/mol. The van der Waals surface area contributed by atoms with Crippen molar-refractivity contribution in [3.63, 3.8) is 0 Å². The summed E-state index contributed by atoms with van der Waals surface area (Å²) in [6.45, 7) is 4.27. The Balaban J connectivity index is 1.81. The van der Waals surface area contributed by atoms with Gasteiger partial charge in [0, 0.05) is 6.54 Å². The summed E-state index contributed by atoms with van der Waals surface area (Å²) in [5, 5.41) is 12.9. The molecule has 1 aliphatic rings. The van der Waals surface area contributed by atoms with Crippen molar-refractivity contribution in [1.82, 2.24) is 9.55 Å². The topological polar surface area (TPSA) is 59.6 Å². The third-order valence-electron chi connectivity index (χ3n) is 3.71. The molecule has 2 heterocycles. The van der Waals surface area contributed by atoms with Gasteiger partial charge in [-0.15, -0.1) is 6.58 Å². The lowest BCUT2D eigenvalue weighted by Crippen LogP contribution is -2.45. The summed E-state index contributed by atoms with van der Waals surface area (Å²) in [7, 11) is 0. The van der Waals surface area contributed by atoms with Gasteiger partial charge in [0.2, 0.25) is 0 Å². The summed E-state index contributed by atoms with van der Waals surface area (Å²) in [6.07, 6.45) is -0.553. The van der Waals surface area contributed by atoms with Crippen LogP contribution < -0.4 is 0 Å². The molecule has 2 aromatic rings. The number of aromatic nitrogens is 2. The van der Waals surface area contributed by atoms with Crippen molar-refractivity contribution in [2.24, 2.45) is 5.16 Å². The fraction of sp³-hybridized carbons (Fsp3) is 0.250. The maximum Gasteiger partial charge on any atom is 0.458 e. The molecule has 1 aromatic heterocycles. The van der Waals surface area contributed by atoms with Crippen LogP contribution in [0.15, 0.2) is 54.6 Å². The maximum atomic E-state index is 12.7. The van der Waals surface area contributed by atoms with Gasteiger partial charge in [0.15, 0.2) is 0 Å². The van der Waals surface area contributed by atoms with Gasteiger partial charge in [-0.25, -0.2) is 4.98 Å². The molecule has 3 rings (SSSR count). The zero-order chi connectivity index (χ0) is 17.4. The van der Waals surface area contributed by atoms with Gasteiger partial charge < -0.3 is 14.5 Å². The van der Waals surface area contributed by atoms with Gasteiger partial charge in [0.05, 0.1) is 30.4 Å². The first kappa shape index (κ1) is 16.3. The van der Waals surface area contributed by atoms with Crippen molar-refractivity contribution in [1.29, 1.82) is 0 Å². The predicted octanol–water partition coefficient (Wildman–Crippen LogP) is 3.11. The quantitative estimate of drug-likeness (QED) is 0.872. The largest absolute Gasteiger partial charge is 0.458 e. The molecule has 0 saturated heterocycles. The Bertz CT molecular complexity index is 781. The minimum Gasteiger partial charge on any atom is -0.350 e. The van der Waals surface area contributed by atoms with E-state index in [1.165, 1.54) is 0 Å². The summed E-state index contributed by atoms with van der Waals surface area (Å²) in [5.41, 5.74) is 2.20. The first-order valence-electron chi connectivity index (χ1n) is 7.10. The number of nitrogens with zero attached hydrogens (tertiary/aromatic N) is 3. The second kappa shape index (κ2) is 5.79. The average molecular weight is 337 g/mol. The molecule has 126 valence electrons. The fourth-order valence-corrected chi connectivity index (χ4v) is 2.41. The summed E-state index contributed by atoms with van der Waals surface area (Å²) < 4.78 is 40.1. The number of aliphatic hydroxyl groups is 1. The number of rotatable bonds is 4. The molecule has 1 N–H and O–H groups in total. The van der Waals surface area contributed by atoms with Crippen LogP contribution in [-0.4, -0.2) is 32.3 Å². The van der Waals surface area contributed by atoms with E-state index in [0.29, 0.717) is 12.1 Å². The Morgan fingerprint density at radius 3 is 2.54 bits per heavy atom. The second-order valence-corrected chi connectivity index (χ2v) is 5.39. The number of alkyl halides is 3. The van der Waals surface area contributed by atoms with E-state index in [1.54, 1.807) is 42.9 Å². The number of halogens is 3. The third kappa shape index (κ3) is 2.80. The summed E-state index contributed by atoms with van der Waals surface area (Å²) in [6, 6.07) is 6.76. The maximum absolute atomic E-state index is 12.7. The van der Waals surface area contributed by atoms with Crippen molar-refractivity contribution >= 4 is 5.71 Å². The van der Waals surface area contributed by atoms with Crippen molar-refractivity contribution in [3.05, 3.63) is 55.0 Å². The molecule has 1 aromatic carbocycles. The molecule has 0 radical (unpaired) electrons. The van der Waals surface area contributed by atoms with Crippen LogP contribution in [0.1, 0.15) is 12.0 Å². The molecule has 1 unspecified atom stereocenters. The standard InChI is InChI=1S/C16H14F3N3O2/c1-2-7-22-10-20-9-14(22)12-5-3-11(4-6-12)13-8-15(23,24-21-13)16(17,18)19/h2-6,9-10,23H,1,7-8H2. The fourth-order valence-electron chi connectivity index (χ4n) is 2.41. The van der Waals surface area contributed by atoms with Gasteiger partial charge in [0.25, 0.3) is 0 Å². The minimum atomic E-state index is -4.91. The Morgan fingerprint density at radius 2 is 1.96 bits per heavy atom. The molecular weight excluding hydrogens is 323 g/mol. The van der Waals surface area contributed by atoms with Crippen LogP contribution in [0.2, 0.25) is 0 Å². The van der Waals surface area contributed by atoms with Crippen LogP contribution in [0.5, 0.6) is 0 Å². The van der Waals surface area contributed by atoms with E-state index in [4.69, 9.17) is 0 Å². The Morgan fingerprint density at radius 1 is 1.29 bits per heavy atom. The van der Waals surface area contributed by atoms with Crippen LogP contribution in [-0.2, 0) is 11.4 Å². The molecule has 1 aliphatic heterocycles. The third-order valence-corrected chi connectivity index (χ3v) is 3.71. The first-order valence-corrected chi connectivity index (χ1v) is 7.10. The Hall–Kier alpha value is -2.61. The molecule has 5 nitrogen and oxygen atoms in total. The van der Waals surface area contributed by atoms with Crippen LogP contribution in [0.25, 0.3) is 11.3 Å². The van der Waals surface area contributed by atoms with Gasteiger partial charge >= 0.3 is 12.0 Å². The molecule has 0 fully saturated rings. The van der Waals surface area contributed by atoms with E-state index < -0.39 is 18.4 Å². The van der Waals surface area contributed by atoms with Crippen molar-refractivity contribution in [3.8, 4) is 11.3 Å². The number of imidazole rings is 1. The molecule has 1 atom stereocenters. The highest BCUT2D eigenvalue weighted by molar-refractivity contribution is 6.01. The molecule has 0 aliphatic carbocycles. The molecule has 0 saturated carbocycles. The van der Waals surface area contributed by atoms with E-state index in [2.05, 4.69) is 21.6 Å². The van der Waals surface area contributed by atoms with Gasteiger partial charge in [-0.2, -0.15) is 13.2 Å². The summed E-state index contributed by atoms with van der Waals surface area (Å²) in [5.74, 6) is -3.26. The predicted molar refractivity (Wildman–Crippen MR) is 81.1 cm³/mol. The number of hydrogen-bond donors (Lipinski definition) is 1. The zero-order valence-corrected chi connectivity index (χ0v) is 12.5. The zero-order valence-electron chi connectivity index (χ0n) is 12.5. The Labute approximate surface area is 135 Å². The number of allylic oxidation sites excluding steroid dienone is 1. The molecular formula is C16H14F3N3O2. The van der Waals surface area contributed by atoms with Gasteiger partial charge in [-0.05, 0) is 11.1 Å². The van der Waals surface area contributed by atoms with E-state index in [1.807, 2.05) is 4.57 Å². The summed E-state index contributed by atoms with van der Waals surface area (Å²) >= 11 is 0. The normalized spacial score (nSPS) is 20.6. The molecule has 24 heavy (non-hydrogen) atoms. The van der Waals surface area contributed by atoms with Crippen LogP contribution >= 0.6 is 0 Å². The highest BCUT2D eigenvalue weighted by atomic mass is 19.4. The van der Waals surface area contributed by atoms with E-state index >= 15 is 0 Å². The number of benzene rings is 1. The lowest BCUT2D eigenvalue weighted by Gasteiger charge is -2.22. The van der Waals surface area contributed by atoms with Crippen molar-refractivity contribution in [2.45, 2.75) is 24.9 Å². The van der Waals surface area contributed by atoms with E-state index in [-0.39, 0.29) is 5.71 Å². The first-order chi connectivity index (χ1) is 11.3. The summed E-state index contributed by atoms with van der Waals surface area (Å²) in [4.78, 5) is 8.30. The SMILES string of the molecule is C=CCn1cncc1-c1ccc(C2=NOC(O)(C(F)(F)F)C2)cc1.